The number of anilines is 1. The van der Waals surface area contributed by atoms with E-state index < -0.39 is 17.6 Å². The maximum absolute atomic E-state index is 12.4. The van der Waals surface area contributed by atoms with Gasteiger partial charge in [-0.2, -0.15) is 13.2 Å². The van der Waals surface area contributed by atoms with Gasteiger partial charge in [0.25, 0.3) is 5.91 Å². The van der Waals surface area contributed by atoms with Crippen LogP contribution in [0.2, 0.25) is 5.02 Å². The van der Waals surface area contributed by atoms with E-state index in [1.165, 1.54) is 18.2 Å². The largest absolute Gasteiger partial charge is 0.507 e. The highest BCUT2D eigenvalue weighted by Gasteiger charge is 2.30. The first kappa shape index (κ1) is 15.1. The number of pyridine rings is 1. The first-order valence-corrected chi connectivity index (χ1v) is 5.98. The van der Waals surface area contributed by atoms with Crippen molar-refractivity contribution in [2.75, 3.05) is 5.32 Å². The van der Waals surface area contributed by atoms with E-state index in [1.807, 2.05) is 0 Å². The van der Waals surface area contributed by atoms with Crippen LogP contribution in [0.1, 0.15) is 15.9 Å². The van der Waals surface area contributed by atoms with Crippen molar-refractivity contribution in [1.82, 2.24) is 4.98 Å². The molecule has 21 heavy (non-hydrogen) atoms. The van der Waals surface area contributed by atoms with Gasteiger partial charge in [0.15, 0.2) is 0 Å². The van der Waals surface area contributed by atoms with Crippen LogP contribution in [-0.4, -0.2) is 16.0 Å². The number of carbonyl (C=O) groups is 1. The van der Waals surface area contributed by atoms with Gasteiger partial charge in [-0.15, -0.1) is 0 Å². The molecule has 1 aromatic carbocycles. The zero-order valence-corrected chi connectivity index (χ0v) is 11.0. The van der Waals surface area contributed by atoms with Gasteiger partial charge in [0, 0.05) is 11.2 Å². The number of aromatic nitrogens is 1. The number of benzene rings is 1. The summed E-state index contributed by atoms with van der Waals surface area (Å²) in [7, 11) is 0. The van der Waals surface area contributed by atoms with E-state index in [9.17, 15) is 23.1 Å². The zero-order valence-electron chi connectivity index (χ0n) is 10.3. The number of hydrogen-bond acceptors (Lipinski definition) is 3. The fourth-order valence-corrected chi connectivity index (χ4v) is 1.68. The normalized spacial score (nSPS) is 11.2. The summed E-state index contributed by atoms with van der Waals surface area (Å²) in [6, 6.07) is 5.67. The van der Waals surface area contributed by atoms with Gasteiger partial charge in [0.2, 0.25) is 0 Å². The average Bonchev–Trinajstić information content (AvgIpc) is 2.41. The van der Waals surface area contributed by atoms with Crippen LogP contribution >= 0.6 is 11.6 Å². The molecule has 0 saturated carbocycles. The lowest BCUT2D eigenvalue weighted by atomic mass is 10.2. The molecule has 0 saturated heterocycles. The number of rotatable bonds is 2. The first-order chi connectivity index (χ1) is 9.77. The Balaban J connectivity index is 2.18. The Hall–Kier alpha value is -2.28. The molecule has 2 rings (SSSR count). The molecule has 0 fully saturated rings. The smallest absolute Gasteiger partial charge is 0.417 e. The molecule has 2 aromatic rings. The summed E-state index contributed by atoms with van der Waals surface area (Å²) in [4.78, 5) is 15.4. The third-order valence-corrected chi connectivity index (χ3v) is 2.77. The fraction of sp³-hybridized carbons (Fsp3) is 0.0769. The van der Waals surface area contributed by atoms with Crippen molar-refractivity contribution >= 4 is 23.3 Å². The topological polar surface area (TPSA) is 62.2 Å². The van der Waals surface area contributed by atoms with Crippen molar-refractivity contribution < 1.29 is 23.1 Å². The summed E-state index contributed by atoms with van der Waals surface area (Å²) >= 11 is 5.70. The van der Waals surface area contributed by atoms with E-state index in [0.29, 0.717) is 6.20 Å². The number of phenolic OH excluding ortho intramolecular Hbond substituents is 1. The lowest BCUT2D eigenvalue weighted by molar-refractivity contribution is -0.137. The van der Waals surface area contributed by atoms with Crippen LogP contribution in [0.5, 0.6) is 5.75 Å². The predicted octanol–water partition coefficient (Wildman–Crippen LogP) is 3.71. The molecule has 8 heteroatoms. The number of phenols is 1. The Morgan fingerprint density at radius 3 is 2.52 bits per heavy atom. The van der Waals surface area contributed by atoms with Crippen LogP contribution in [0.25, 0.3) is 0 Å². The van der Waals surface area contributed by atoms with Gasteiger partial charge in [-0.3, -0.25) is 4.79 Å². The summed E-state index contributed by atoms with van der Waals surface area (Å²) in [5, 5.41) is 12.0. The standard InChI is InChI=1S/C13H8ClF3N2O2/c14-8-2-3-10(20)9(5-8)12(21)19-11-4-1-7(6-18-11)13(15,16)17/h1-6,20H,(H,18,19,21). The highest BCUT2D eigenvalue weighted by Crippen LogP contribution is 2.29. The van der Waals surface area contributed by atoms with Crippen LogP contribution < -0.4 is 5.32 Å². The summed E-state index contributed by atoms with van der Waals surface area (Å²) in [5.41, 5.74) is -1.03. The zero-order chi connectivity index (χ0) is 15.6. The number of carbonyl (C=O) groups excluding carboxylic acids is 1. The highest BCUT2D eigenvalue weighted by atomic mass is 35.5. The molecule has 0 aliphatic rings. The summed E-state index contributed by atoms with van der Waals surface area (Å²) in [6.07, 6.45) is -3.89. The number of hydrogen-bond donors (Lipinski definition) is 2. The van der Waals surface area contributed by atoms with Crippen molar-refractivity contribution in [3.05, 3.63) is 52.7 Å². The molecule has 0 atom stereocenters. The van der Waals surface area contributed by atoms with Crippen molar-refractivity contribution in [3.8, 4) is 5.75 Å². The van der Waals surface area contributed by atoms with Gasteiger partial charge in [-0.25, -0.2) is 4.98 Å². The second kappa shape index (κ2) is 5.61. The molecule has 0 aliphatic heterocycles. The molecule has 1 amide bonds. The molecule has 110 valence electrons. The maximum Gasteiger partial charge on any atom is 0.417 e. The van der Waals surface area contributed by atoms with Crippen LogP contribution in [-0.2, 0) is 6.18 Å². The summed E-state index contributed by atoms with van der Waals surface area (Å²) < 4.78 is 37.1. The van der Waals surface area contributed by atoms with Gasteiger partial charge in [0.1, 0.15) is 11.6 Å². The second-order valence-corrected chi connectivity index (χ2v) is 4.48. The van der Waals surface area contributed by atoms with E-state index in [2.05, 4.69) is 10.3 Å². The number of halogens is 4. The van der Waals surface area contributed by atoms with Crippen LogP contribution in [0.15, 0.2) is 36.5 Å². The Kier molecular flexibility index (Phi) is 4.04. The average molecular weight is 317 g/mol. The third-order valence-electron chi connectivity index (χ3n) is 2.54. The third kappa shape index (κ3) is 3.63. The van der Waals surface area contributed by atoms with Gasteiger partial charge < -0.3 is 10.4 Å². The molecule has 2 N–H and O–H groups in total. The van der Waals surface area contributed by atoms with Crippen LogP contribution in [0.4, 0.5) is 19.0 Å². The van der Waals surface area contributed by atoms with E-state index in [1.54, 1.807) is 0 Å². The van der Waals surface area contributed by atoms with E-state index in [-0.39, 0.29) is 22.2 Å². The maximum atomic E-state index is 12.4. The Morgan fingerprint density at radius 2 is 1.95 bits per heavy atom. The summed E-state index contributed by atoms with van der Waals surface area (Å²) in [6.45, 7) is 0. The number of nitrogens with zero attached hydrogens (tertiary/aromatic N) is 1. The molecular weight excluding hydrogens is 309 g/mol. The molecule has 0 aliphatic carbocycles. The molecule has 1 aromatic heterocycles. The lowest BCUT2D eigenvalue weighted by Crippen LogP contribution is -2.14. The van der Waals surface area contributed by atoms with E-state index in [4.69, 9.17) is 11.6 Å². The minimum absolute atomic E-state index is 0.0765. The van der Waals surface area contributed by atoms with E-state index in [0.717, 1.165) is 12.1 Å². The number of alkyl halides is 3. The molecule has 0 unspecified atom stereocenters. The van der Waals surface area contributed by atoms with Gasteiger partial charge >= 0.3 is 6.18 Å². The lowest BCUT2D eigenvalue weighted by Gasteiger charge is -2.09. The number of amides is 1. The molecule has 0 radical (unpaired) electrons. The minimum Gasteiger partial charge on any atom is -0.507 e. The molecular formula is C13H8ClF3N2O2. The van der Waals surface area contributed by atoms with Crippen LogP contribution in [0, 0.1) is 0 Å². The Bertz CT molecular complexity index is 672. The molecule has 0 bridgehead atoms. The Labute approximate surface area is 122 Å². The molecule has 0 spiro atoms. The van der Waals surface area contributed by atoms with Crippen molar-refractivity contribution in [3.63, 3.8) is 0 Å². The Morgan fingerprint density at radius 1 is 1.24 bits per heavy atom. The molecule has 4 nitrogen and oxygen atoms in total. The van der Waals surface area contributed by atoms with Gasteiger partial charge in [0.05, 0.1) is 11.1 Å². The highest BCUT2D eigenvalue weighted by molar-refractivity contribution is 6.31. The minimum atomic E-state index is -4.50. The van der Waals surface area contributed by atoms with E-state index >= 15 is 0 Å². The van der Waals surface area contributed by atoms with Gasteiger partial charge in [-0.1, -0.05) is 11.6 Å². The quantitative estimate of drug-likeness (QED) is 0.887. The van der Waals surface area contributed by atoms with Crippen molar-refractivity contribution in [1.29, 1.82) is 0 Å². The predicted molar refractivity (Wildman–Crippen MR) is 70.3 cm³/mol. The van der Waals surface area contributed by atoms with Crippen molar-refractivity contribution in [2.45, 2.75) is 6.18 Å². The fourth-order valence-electron chi connectivity index (χ4n) is 1.51. The monoisotopic (exact) mass is 316 g/mol. The van der Waals surface area contributed by atoms with Crippen LogP contribution in [0.3, 0.4) is 0 Å². The molecule has 1 heterocycles. The first-order valence-electron chi connectivity index (χ1n) is 5.60. The SMILES string of the molecule is O=C(Nc1ccc(C(F)(F)F)cn1)c1cc(Cl)ccc1O. The number of nitrogens with one attached hydrogen (secondary N) is 1. The number of aromatic hydroxyl groups is 1. The van der Waals surface area contributed by atoms with Gasteiger partial charge in [-0.05, 0) is 30.3 Å². The summed E-state index contributed by atoms with van der Waals surface area (Å²) in [5.74, 6) is -1.11. The van der Waals surface area contributed by atoms with Crippen molar-refractivity contribution in [2.24, 2.45) is 0 Å². The second-order valence-electron chi connectivity index (χ2n) is 4.05.